The molecule has 0 saturated carbocycles. The van der Waals surface area contributed by atoms with Crippen LogP contribution in [-0.4, -0.2) is 60.5 Å². The van der Waals surface area contributed by atoms with E-state index >= 15 is 0 Å². The van der Waals surface area contributed by atoms with Crippen molar-refractivity contribution in [3.63, 3.8) is 0 Å². The molecule has 1 aromatic heterocycles. The quantitative estimate of drug-likeness (QED) is 0.756. The van der Waals surface area contributed by atoms with Gasteiger partial charge >= 0.3 is 0 Å². The van der Waals surface area contributed by atoms with Crippen LogP contribution < -0.4 is 0 Å². The highest BCUT2D eigenvalue weighted by molar-refractivity contribution is 7.89. The molecule has 0 aliphatic rings. The van der Waals surface area contributed by atoms with Crippen LogP contribution in [0.2, 0.25) is 0 Å². The molecule has 1 atom stereocenters. The summed E-state index contributed by atoms with van der Waals surface area (Å²) in [6, 6.07) is -0.259. The topological polar surface area (TPSA) is 84.7 Å². The molecule has 122 valence electrons. The summed E-state index contributed by atoms with van der Waals surface area (Å²) in [5.41, 5.74) is 0.994. The minimum atomic E-state index is -3.64. The van der Waals surface area contributed by atoms with Gasteiger partial charge in [0.05, 0.1) is 31.1 Å². The number of nitrogens with zero attached hydrogens (tertiary/aromatic N) is 3. The first-order valence-corrected chi connectivity index (χ1v) is 8.40. The van der Waals surface area contributed by atoms with Crippen LogP contribution in [0.4, 0.5) is 0 Å². The SMILES string of the molecule is CCN(C(C)COC)S(=O)(=O)c1c(C)nn(CCO)c1C. The number of hydrogen-bond acceptors (Lipinski definition) is 5. The molecule has 1 heterocycles. The Kier molecular flexibility index (Phi) is 6.33. The van der Waals surface area contributed by atoms with Crippen molar-refractivity contribution < 1.29 is 18.3 Å². The summed E-state index contributed by atoms with van der Waals surface area (Å²) >= 11 is 0. The number of ether oxygens (including phenoxy) is 1. The summed E-state index contributed by atoms with van der Waals surface area (Å²) in [4.78, 5) is 0.223. The lowest BCUT2D eigenvalue weighted by Gasteiger charge is -2.26. The number of hydrogen-bond donors (Lipinski definition) is 1. The molecular weight excluding hydrogens is 294 g/mol. The monoisotopic (exact) mass is 319 g/mol. The third-order valence-electron chi connectivity index (χ3n) is 3.40. The van der Waals surface area contributed by atoms with Gasteiger partial charge in [-0.1, -0.05) is 6.92 Å². The molecule has 0 fully saturated rings. The molecule has 0 spiro atoms. The van der Waals surface area contributed by atoms with Crippen LogP contribution in [0.5, 0.6) is 0 Å². The van der Waals surface area contributed by atoms with Crippen molar-refractivity contribution in [1.29, 1.82) is 0 Å². The summed E-state index contributed by atoms with van der Waals surface area (Å²) in [6.45, 7) is 7.87. The van der Waals surface area contributed by atoms with Crippen LogP contribution in [-0.2, 0) is 21.3 Å². The highest BCUT2D eigenvalue weighted by Crippen LogP contribution is 2.25. The minimum Gasteiger partial charge on any atom is -0.394 e. The lowest BCUT2D eigenvalue weighted by atomic mass is 10.3. The standard InChI is InChI=1S/C13H25N3O4S/c1-6-16(10(2)9-20-5)21(18,19)13-11(3)14-15(7-8-17)12(13)4/h10,17H,6-9H2,1-5H3. The molecule has 1 unspecified atom stereocenters. The predicted octanol–water partition coefficient (Wildman–Crippen LogP) is 0.538. The molecule has 0 aromatic carbocycles. The third kappa shape index (κ3) is 3.63. The number of likely N-dealkylation sites (N-methyl/N-ethyl adjacent to an activating group) is 1. The number of methoxy groups -OCH3 is 1. The molecule has 1 aromatic rings. The second kappa shape index (κ2) is 7.35. The largest absolute Gasteiger partial charge is 0.394 e. The molecule has 0 aliphatic carbocycles. The van der Waals surface area contributed by atoms with E-state index in [-0.39, 0.29) is 24.1 Å². The Morgan fingerprint density at radius 1 is 1.43 bits per heavy atom. The molecule has 0 aliphatic heterocycles. The summed E-state index contributed by atoms with van der Waals surface area (Å²) < 4.78 is 33.8. The van der Waals surface area contributed by atoms with E-state index in [9.17, 15) is 8.42 Å². The Bertz CT molecular complexity index is 568. The maximum Gasteiger partial charge on any atom is 0.247 e. The van der Waals surface area contributed by atoms with Gasteiger partial charge in [-0.2, -0.15) is 9.40 Å². The second-order valence-electron chi connectivity index (χ2n) is 4.96. The Hall–Kier alpha value is -0.960. The average molecular weight is 319 g/mol. The summed E-state index contributed by atoms with van der Waals surface area (Å²) in [6.07, 6.45) is 0. The van der Waals surface area contributed by atoms with Crippen LogP contribution in [0.15, 0.2) is 4.90 Å². The fourth-order valence-electron chi connectivity index (χ4n) is 2.53. The Balaban J connectivity index is 3.29. The highest BCUT2D eigenvalue weighted by Gasteiger charge is 2.32. The van der Waals surface area contributed by atoms with Gasteiger partial charge in [0.2, 0.25) is 10.0 Å². The first-order chi connectivity index (χ1) is 9.81. The number of aliphatic hydroxyl groups excluding tert-OH is 1. The number of aryl methyl sites for hydroxylation is 1. The molecule has 21 heavy (non-hydrogen) atoms. The molecule has 1 rings (SSSR count). The number of rotatable bonds is 8. The number of aliphatic hydroxyl groups is 1. The molecule has 1 N–H and O–H groups in total. The Labute approximate surface area is 126 Å². The fourth-order valence-corrected chi connectivity index (χ4v) is 4.53. The third-order valence-corrected chi connectivity index (χ3v) is 5.75. The summed E-state index contributed by atoms with van der Waals surface area (Å²) in [5, 5.41) is 13.2. The molecule has 0 radical (unpaired) electrons. The maximum atomic E-state index is 12.9. The molecule has 8 heteroatoms. The molecule has 0 saturated heterocycles. The lowest BCUT2D eigenvalue weighted by molar-refractivity contribution is 0.142. The van der Waals surface area contributed by atoms with Crippen molar-refractivity contribution in [3.05, 3.63) is 11.4 Å². The van der Waals surface area contributed by atoms with E-state index in [0.29, 0.717) is 24.5 Å². The minimum absolute atomic E-state index is 0.0843. The van der Waals surface area contributed by atoms with Crippen LogP contribution in [0.25, 0.3) is 0 Å². The van der Waals surface area contributed by atoms with E-state index < -0.39 is 10.0 Å². The number of sulfonamides is 1. The van der Waals surface area contributed by atoms with Crippen molar-refractivity contribution >= 4 is 10.0 Å². The zero-order chi connectivity index (χ0) is 16.2. The van der Waals surface area contributed by atoms with Crippen molar-refractivity contribution in [3.8, 4) is 0 Å². The fraction of sp³-hybridized carbons (Fsp3) is 0.769. The van der Waals surface area contributed by atoms with Crippen LogP contribution >= 0.6 is 0 Å². The highest BCUT2D eigenvalue weighted by atomic mass is 32.2. The van der Waals surface area contributed by atoms with E-state index in [2.05, 4.69) is 5.10 Å². The van der Waals surface area contributed by atoms with Gasteiger partial charge in [-0.3, -0.25) is 4.68 Å². The van der Waals surface area contributed by atoms with E-state index in [0.717, 1.165) is 0 Å². The van der Waals surface area contributed by atoms with Crippen LogP contribution in [0.1, 0.15) is 25.2 Å². The zero-order valence-corrected chi connectivity index (χ0v) is 14.1. The van der Waals surface area contributed by atoms with Gasteiger partial charge < -0.3 is 9.84 Å². The van der Waals surface area contributed by atoms with Gasteiger partial charge in [0, 0.05) is 19.7 Å². The number of aromatic nitrogens is 2. The maximum absolute atomic E-state index is 12.9. The van der Waals surface area contributed by atoms with Crippen LogP contribution in [0, 0.1) is 13.8 Å². The normalized spacial score (nSPS) is 13.9. The van der Waals surface area contributed by atoms with Gasteiger partial charge in [-0.15, -0.1) is 0 Å². The van der Waals surface area contributed by atoms with Gasteiger partial charge in [0.1, 0.15) is 4.90 Å². The Morgan fingerprint density at radius 2 is 2.05 bits per heavy atom. The molecule has 7 nitrogen and oxygen atoms in total. The molecule has 0 amide bonds. The average Bonchev–Trinajstić information content (AvgIpc) is 2.66. The van der Waals surface area contributed by atoms with Crippen molar-refractivity contribution in [2.75, 3.05) is 26.9 Å². The lowest BCUT2D eigenvalue weighted by Crippen LogP contribution is -2.41. The zero-order valence-electron chi connectivity index (χ0n) is 13.3. The molecular formula is C13H25N3O4S. The first-order valence-electron chi connectivity index (χ1n) is 6.96. The van der Waals surface area contributed by atoms with E-state index in [1.807, 2.05) is 6.92 Å². The van der Waals surface area contributed by atoms with Gasteiger partial charge in [-0.25, -0.2) is 8.42 Å². The van der Waals surface area contributed by atoms with Crippen molar-refractivity contribution in [2.24, 2.45) is 0 Å². The Morgan fingerprint density at radius 3 is 2.52 bits per heavy atom. The van der Waals surface area contributed by atoms with E-state index in [1.165, 1.54) is 8.99 Å². The van der Waals surface area contributed by atoms with Crippen molar-refractivity contribution in [2.45, 2.75) is 45.2 Å². The van der Waals surface area contributed by atoms with Gasteiger partial charge in [-0.05, 0) is 20.8 Å². The predicted molar refractivity (Wildman–Crippen MR) is 79.7 cm³/mol. The van der Waals surface area contributed by atoms with Crippen LogP contribution in [0.3, 0.4) is 0 Å². The van der Waals surface area contributed by atoms with Gasteiger partial charge in [0.25, 0.3) is 0 Å². The summed E-state index contributed by atoms with van der Waals surface area (Å²) in [7, 11) is -2.09. The van der Waals surface area contributed by atoms with Gasteiger partial charge in [0.15, 0.2) is 0 Å². The van der Waals surface area contributed by atoms with Crippen molar-refractivity contribution in [1.82, 2.24) is 14.1 Å². The first kappa shape index (κ1) is 18.1. The smallest absolute Gasteiger partial charge is 0.247 e. The summed E-state index contributed by atoms with van der Waals surface area (Å²) in [5.74, 6) is 0. The van der Waals surface area contributed by atoms with E-state index in [4.69, 9.17) is 9.84 Å². The van der Waals surface area contributed by atoms with E-state index in [1.54, 1.807) is 27.9 Å². The molecule has 0 bridgehead atoms. The second-order valence-corrected chi connectivity index (χ2v) is 6.79.